The molecule has 0 aliphatic heterocycles. The van der Waals surface area contributed by atoms with Crippen molar-refractivity contribution < 1.29 is 18.2 Å². The van der Waals surface area contributed by atoms with E-state index in [1.54, 1.807) is 19.3 Å². The summed E-state index contributed by atoms with van der Waals surface area (Å²) in [7, 11) is 0. The number of carbonyl (C=O) groups is 1. The zero-order valence-corrected chi connectivity index (χ0v) is 19.1. The van der Waals surface area contributed by atoms with Crippen LogP contribution in [0.4, 0.5) is 0 Å². The van der Waals surface area contributed by atoms with Gasteiger partial charge in [-0.2, -0.15) is 0 Å². The number of pyridine rings is 1. The largest absolute Gasteiger partial charge is 0.468 e. The number of furan rings is 2. The first-order chi connectivity index (χ1) is 15.4. The van der Waals surface area contributed by atoms with Crippen molar-refractivity contribution in [3.8, 4) is 11.3 Å². The molecule has 0 fully saturated rings. The fourth-order valence-corrected chi connectivity index (χ4v) is 4.14. The van der Waals surface area contributed by atoms with Crippen LogP contribution in [0.15, 0.2) is 43.9 Å². The van der Waals surface area contributed by atoms with Gasteiger partial charge in [0, 0.05) is 12.1 Å². The minimum absolute atomic E-state index is 0.0666. The van der Waals surface area contributed by atoms with Gasteiger partial charge in [-0.3, -0.25) is 9.69 Å². The second-order valence-electron chi connectivity index (χ2n) is 7.79. The SMILES string of the molecule is CCN(CC)C(CNC(=O)c1cc(-c2cc(C)oc2C)nc2onc(C)c12)c1ccco1. The maximum Gasteiger partial charge on any atom is 0.259 e. The second kappa shape index (κ2) is 9.00. The Hall–Kier alpha value is -3.39. The standard InChI is InChI=1S/C24H28N4O4/c1-6-28(7-2)20(21-9-8-10-30-21)13-25-23(29)18-12-19(17-11-14(3)31-16(17)5)26-24-22(18)15(4)27-32-24/h8-12,20H,6-7,13H2,1-5H3,(H,25,29). The number of aromatic nitrogens is 2. The number of fused-ring (bicyclic) bond motifs is 1. The van der Waals surface area contributed by atoms with E-state index in [-0.39, 0.29) is 11.9 Å². The average molecular weight is 437 g/mol. The van der Waals surface area contributed by atoms with Crippen LogP contribution >= 0.6 is 0 Å². The Bertz CT molecular complexity index is 1220. The number of nitrogens with zero attached hydrogens (tertiary/aromatic N) is 3. The fourth-order valence-electron chi connectivity index (χ4n) is 4.14. The molecule has 1 N–H and O–H groups in total. The van der Waals surface area contributed by atoms with Gasteiger partial charge in [0.2, 0.25) is 0 Å². The number of aryl methyl sites for hydroxylation is 3. The van der Waals surface area contributed by atoms with Crippen LogP contribution in [-0.4, -0.2) is 40.6 Å². The molecule has 1 amide bonds. The molecular formula is C24H28N4O4. The van der Waals surface area contributed by atoms with Gasteiger partial charge in [-0.1, -0.05) is 19.0 Å². The lowest BCUT2D eigenvalue weighted by molar-refractivity contribution is 0.0931. The Labute approximate surface area is 186 Å². The van der Waals surface area contributed by atoms with E-state index in [1.165, 1.54) is 0 Å². The van der Waals surface area contributed by atoms with Crippen molar-refractivity contribution in [2.75, 3.05) is 19.6 Å². The van der Waals surface area contributed by atoms with Crippen molar-refractivity contribution in [3.63, 3.8) is 0 Å². The van der Waals surface area contributed by atoms with Gasteiger partial charge >= 0.3 is 0 Å². The molecule has 4 aromatic heterocycles. The molecule has 0 spiro atoms. The van der Waals surface area contributed by atoms with Crippen molar-refractivity contribution in [1.82, 2.24) is 20.4 Å². The highest BCUT2D eigenvalue weighted by Gasteiger charge is 2.24. The van der Waals surface area contributed by atoms with Gasteiger partial charge in [-0.15, -0.1) is 0 Å². The highest BCUT2D eigenvalue weighted by atomic mass is 16.5. The average Bonchev–Trinajstić information content (AvgIpc) is 3.51. The maximum atomic E-state index is 13.4. The van der Waals surface area contributed by atoms with E-state index in [1.807, 2.05) is 32.0 Å². The third-order valence-corrected chi connectivity index (χ3v) is 5.76. The molecule has 0 aliphatic carbocycles. The lowest BCUT2D eigenvalue weighted by atomic mass is 10.0. The molecule has 0 aromatic carbocycles. The van der Waals surface area contributed by atoms with Gasteiger partial charge in [-0.05, 0) is 58.1 Å². The molecule has 4 rings (SSSR count). The first-order valence-electron chi connectivity index (χ1n) is 10.8. The molecule has 8 nitrogen and oxygen atoms in total. The molecule has 32 heavy (non-hydrogen) atoms. The van der Waals surface area contributed by atoms with Crippen LogP contribution in [0.2, 0.25) is 0 Å². The van der Waals surface area contributed by atoms with Crippen molar-refractivity contribution >= 4 is 17.0 Å². The summed E-state index contributed by atoms with van der Waals surface area (Å²) in [4.78, 5) is 20.2. The van der Waals surface area contributed by atoms with E-state index < -0.39 is 0 Å². The van der Waals surface area contributed by atoms with E-state index in [4.69, 9.17) is 13.4 Å². The predicted octanol–water partition coefficient (Wildman–Crippen LogP) is 4.81. The molecule has 4 aromatic rings. The van der Waals surface area contributed by atoms with Gasteiger partial charge in [0.25, 0.3) is 11.6 Å². The highest BCUT2D eigenvalue weighted by Crippen LogP contribution is 2.30. The summed E-state index contributed by atoms with van der Waals surface area (Å²) < 4.78 is 16.7. The lowest BCUT2D eigenvalue weighted by Crippen LogP contribution is -2.38. The Morgan fingerprint density at radius 2 is 1.97 bits per heavy atom. The number of amides is 1. The Morgan fingerprint density at radius 3 is 2.59 bits per heavy atom. The molecular weight excluding hydrogens is 408 g/mol. The highest BCUT2D eigenvalue weighted by molar-refractivity contribution is 6.07. The van der Waals surface area contributed by atoms with E-state index in [0.29, 0.717) is 34.6 Å². The van der Waals surface area contributed by atoms with E-state index in [9.17, 15) is 4.79 Å². The minimum atomic E-state index is -0.216. The first-order valence-corrected chi connectivity index (χ1v) is 10.8. The summed E-state index contributed by atoms with van der Waals surface area (Å²) in [5.74, 6) is 2.11. The van der Waals surface area contributed by atoms with Crippen LogP contribution in [0.5, 0.6) is 0 Å². The molecule has 1 unspecified atom stereocenters. The molecule has 0 saturated heterocycles. The normalized spacial score (nSPS) is 12.6. The van der Waals surface area contributed by atoms with Crippen molar-refractivity contribution in [2.45, 2.75) is 40.7 Å². The summed E-state index contributed by atoms with van der Waals surface area (Å²) in [6.07, 6.45) is 1.65. The Kier molecular flexibility index (Phi) is 6.14. The number of likely N-dealkylation sites (N-methyl/N-ethyl adjacent to an activating group) is 1. The second-order valence-corrected chi connectivity index (χ2v) is 7.79. The van der Waals surface area contributed by atoms with Crippen LogP contribution in [-0.2, 0) is 0 Å². The summed E-state index contributed by atoms with van der Waals surface area (Å²) >= 11 is 0. The van der Waals surface area contributed by atoms with E-state index >= 15 is 0 Å². The number of hydrogen-bond acceptors (Lipinski definition) is 7. The molecule has 8 heteroatoms. The molecule has 0 saturated carbocycles. The number of rotatable bonds is 8. The quantitative estimate of drug-likeness (QED) is 0.423. The minimum Gasteiger partial charge on any atom is -0.468 e. The molecule has 0 radical (unpaired) electrons. The van der Waals surface area contributed by atoms with Gasteiger partial charge in [0.15, 0.2) is 0 Å². The number of hydrogen-bond donors (Lipinski definition) is 1. The van der Waals surface area contributed by atoms with Crippen LogP contribution in [0, 0.1) is 20.8 Å². The van der Waals surface area contributed by atoms with Crippen molar-refractivity contribution in [3.05, 3.63) is 59.1 Å². The summed E-state index contributed by atoms with van der Waals surface area (Å²) in [5.41, 5.74) is 2.86. The summed E-state index contributed by atoms with van der Waals surface area (Å²) in [6.45, 7) is 11.8. The van der Waals surface area contributed by atoms with Crippen LogP contribution in [0.25, 0.3) is 22.4 Å². The van der Waals surface area contributed by atoms with Crippen LogP contribution in [0.1, 0.15) is 53.2 Å². The number of nitrogens with one attached hydrogen (secondary N) is 1. The first kappa shape index (κ1) is 21.8. The van der Waals surface area contributed by atoms with E-state index in [0.717, 1.165) is 35.9 Å². The van der Waals surface area contributed by atoms with Crippen molar-refractivity contribution in [1.29, 1.82) is 0 Å². The van der Waals surface area contributed by atoms with Gasteiger partial charge in [0.1, 0.15) is 17.3 Å². The zero-order chi connectivity index (χ0) is 22.8. The predicted molar refractivity (Wildman–Crippen MR) is 120 cm³/mol. The molecule has 0 aliphatic rings. The van der Waals surface area contributed by atoms with Crippen molar-refractivity contribution in [2.24, 2.45) is 0 Å². The fraction of sp³-hybridized carbons (Fsp3) is 0.375. The smallest absolute Gasteiger partial charge is 0.259 e. The molecule has 4 heterocycles. The summed E-state index contributed by atoms with van der Waals surface area (Å²) in [6, 6.07) is 7.41. The third-order valence-electron chi connectivity index (χ3n) is 5.76. The molecule has 1 atom stereocenters. The topological polar surface area (TPSA) is 97.5 Å². The lowest BCUT2D eigenvalue weighted by Gasteiger charge is -2.28. The zero-order valence-electron chi connectivity index (χ0n) is 19.1. The van der Waals surface area contributed by atoms with Crippen LogP contribution in [0.3, 0.4) is 0 Å². The van der Waals surface area contributed by atoms with E-state index in [2.05, 4.69) is 34.2 Å². The van der Waals surface area contributed by atoms with Gasteiger partial charge in [0.05, 0.1) is 34.6 Å². The van der Waals surface area contributed by atoms with Crippen LogP contribution < -0.4 is 5.32 Å². The molecule has 168 valence electrons. The third kappa shape index (κ3) is 4.05. The molecule has 0 bridgehead atoms. The summed E-state index contributed by atoms with van der Waals surface area (Å²) in [5, 5.41) is 7.72. The Balaban J connectivity index is 1.68. The maximum absolute atomic E-state index is 13.4. The monoisotopic (exact) mass is 436 g/mol. The van der Waals surface area contributed by atoms with Gasteiger partial charge in [-0.25, -0.2) is 4.98 Å². The Morgan fingerprint density at radius 1 is 1.19 bits per heavy atom. The number of carbonyl (C=O) groups excluding carboxylic acids is 1. The van der Waals surface area contributed by atoms with Gasteiger partial charge < -0.3 is 18.7 Å².